The lowest BCUT2D eigenvalue weighted by molar-refractivity contribution is -0.140. The molecular weight excluding hydrogens is 296 g/mol. The van der Waals surface area contributed by atoms with Gasteiger partial charge in [-0.05, 0) is 37.0 Å². The number of nitrogens with zero attached hydrogens (tertiary/aromatic N) is 1. The molecule has 1 heterocycles. The van der Waals surface area contributed by atoms with Gasteiger partial charge < -0.3 is 15.3 Å². The van der Waals surface area contributed by atoms with Gasteiger partial charge >= 0.3 is 5.97 Å². The predicted octanol–water partition coefficient (Wildman–Crippen LogP) is 2.04. The minimum atomic E-state index is -0.891. The molecular formula is C17H22N2O4. The average Bonchev–Trinajstić information content (AvgIpc) is 2.55. The molecule has 0 aromatic heterocycles. The van der Waals surface area contributed by atoms with Crippen LogP contribution in [0.3, 0.4) is 0 Å². The quantitative estimate of drug-likeness (QED) is 0.870. The molecule has 6 nitrogen and oxygen atoms in total. The number of likely N-dealkylation sites (tertiary alicyclic amines) is 1. The number of carboxylic acid groups (broad SMARTS) is 1. The molecule has 1 aromatic carbocycles. The maximum absolute atomic E-state index is 12.5. The van der Waals surface area contributed by atoms with E-state index in [-0.39, 0.29) is 18.2 Å². The Morgan fingerprint density at radius 3 is 2.52 bits per heavy atom. The molecule has 23 heavy (non-hydrogen) atoms. The van der Waals surface area contributed by atoms with Gasteiger partial charge in [-0.2, -0.15) is 0 Å². The van der Waals surface area contributed by atoms with Crippen molar-refractivity contribution in [2.75, 3.05) is 11.9 Å². The summed E-state index contributed by atoms with van der Waals surface area (Å²) >= 11 is 0. The zero-order chi connectivity index (χ0) is 16.8. The number of hydrogen-bond donors (Lipinski definition) is 2. The van der Waals surface area contributed by atoms with Gasteiger partial charge in [-0.15, -0.1) is 0 Å². The van der Waals surface area contributed by atoms with E-state index in [0.717, 1.165) is 12.8 Å². The van der Waals surface area contributed by atoms with Crippen molar-refractivity contribution in [1.29, 1.82) is 0 Å². The number of nitrogens with one attached hydrogen (secondary N) is 1. The summed E-state index contributed by atoms with van der Waals surface area (Å²) in [5, 5.41) is 11.6. The summed E-state index contributed by atoms with van der Waals surface area (Å²) in [6, 6.07) is 6.31. The van der Waals surface area contributed by atoms with E-state index in [0.29, 0.717) is 30.6 Å². The maximum Gasteiger partial charge on any atom is 0.307 e. The van der Waals surface area contributed by atoms with Gasteiger partial charge in [0.15, 0.2) is 0 Å². The summed E-state index contributed by atoms with van der Waals surface area (Å²) in [5.41, 5.74) is 1.29. The molecule has 1 aromatic rings. The van der Waals surface area contributed by atoms with Crippen LogP contribution in [0.15, 0.2) is 24.3 Å². The number of piperidine rings is 1. The third kappa shape index (κ3) is 4.55. The standard InChI is InChI=1S/C17H22N2O4/c1-2-15(20)19-10-4-3-5-14(19)17(23)18-13-8-6-12(7-9-13)11-16(21)22/h6-9,14H,2-5,10-11H2,1H3,(H,18,23)(H,21,22). The number of hydrogen-bond acceptors (Lipinski definition) is 3. The normalized spacial score (nSPS) is 17.6. The number of rotatable bonds is 5. The van der Waals surface area contributed by atoms with E-state index in [1.165, 1.54) is 0 Å². The molecule has 124 valence electrons. The average molecular weight is 318 g/mol. The number of carbonyl (C=O) groups is 3. The van der Waals surface area contributed by atoms with Crippen LogP contribution in [0.25, 0.3) is 0 Å². The lowest BCUT2D eigenvalue weighted by Gasteiger charge is -2.34. The molecule has 1 aliphatic rings. The Hall–Kier alpha value is -2.37. The molecule has 1 aliphatic heterocycles. The van der Waals surface area contributed by atoms with Gasteiger partial charge in [0.25, 0.3) is 0 Å². The molecule has 1 fully saturated rings. The van der Waals surface area contributed by atoms with E-state index in [4.69, 9.17) is 5.11 Å². The molecule has 0 bridgehead atoms. The summed E-state index contributed by atoms with van der Waals surface area (Å²) < 4.78 is 0. The first-order chi connectivity index (χ1) is 11.0. The van der Waals surface area contributed by atoms with E-state index in [2.05, 4.69) is 5.32 Å². The van der Waals surface area contributed by atoms with Crippen molar-refractivity contribution in [3.05, 3.63) is 29.8 Å². The Morgan fingerprint density at radius 2 is 1.91 bits per heavy atom. The first-order valence-corrected chi connectivity index (χ1v) is 7.92. The second-order valence-electron chi connectivity index (χ2n) is 5.71. The fraction of sp³-hybridized carbons (Fsp3) is 0.471. The van der Waals surface area contributed by atoms with E-state index in [1.54, 1.807) is 36.1 Å². The summed E-state index contributed by atoms with van der Waals surface area (Å²) in [5.74, 6) is -1.07. The number of anilines is 1. The van der Waals surface area contributed by atoms with Crippen LogP contribution in [0.4, 0.5) is 5.69 Å². The van der Waals surface area contributed by atoms with Crippen LogP contribution in [0.2, 0.25) is 0 Å². The molecule has 6 heteroatoms. The number of amides is 2. The van der Waals surface area contributed by atoms with Gasteiger partial charge in [0.1, 0.15) is 6.04 Å². The molecule has 2 amide bonds. The molecule has 0 aliphatic carbocycles. The van der Waals surface area contributed by atoms with Crippen LogP contribution in [-0.2, 0) is 20.8 Å². The number of carbonyl (C=O) groups excluding carboxylic acids is 2. The van der Waals surface area contributed by atoms with Gasteiger partial charge in [-0.1, -0.05) is 19.1 Å². The van der Waals surface area contributed by atoms with Crippen molar-refractivity contribution in [2.24, 2.45) is 0 Å². The monoisotopic (exact) mass is 318 g/mol. The molecule has 0 spiro atoms. The summed E-state index contributed by atoms with van der Waals surface area (Å²) in [7, 11) is 0. The van der Waals surface area contributed by atoms with Gasteiger partial charge in [0.2, 0.25) is 11.8 Å². The third-order valence-corrected chi connectivity index (χ3v) is 4.01. The van der Waals surface area contributed by atoms with Gasteiger partial charge in [0.05, 0.1) is 6.42 Å². The van der Waals surface area contributed by atoms with Crippen LogP contribution in [0, 0.1) is 0 Å². The highest BCUT2D eigenvalue weighted by Gasteiger charge is 2.31. The predicted molar refractivity (Wildman–Crippen MR) is 86.1 cm³/mol. The molecule has 2 N–H and O–H groups in total. The molecule has 1 unspecified atom stereocenters. The second-order valence-corrected chi connectivity index (χ2v) is 5.71. The maximum atomic E-state index is 12.5. The van der Waals surface area contributed by atoms with Gasteiger partial charge in [0, 0.05) is 18.7 Å². The number of aliphatic carboxylic acids is 1. The molecule has 2 rings (SSSR count). The molecule has 1 atom stereocenters. The van der Waals surface area contributed by atoms with Crippen LogP contribution in [-0.4, -0.2) is 40.4 Å². The largest absolute Gasteiger partial charge is 0.481 e. The smallest absolute Gasteiger partial charge is 0.307 e. The highest BCUT2D eigenvalue weighted by Crippen LogP contribution is 2.20. The van der Waals surface area contributed by atoms with Crippen molar-refractivity contribution < 1.29 is 19.5 Å². The van der Waals surface area contributed by atoms with Crippen molar-refractivity contribution in [1.82, 2.24) is 4.90 Å². The Labute approximate surface area is 135 Å². The topological polar surface area (TPSA) is 86.7 Å². The Bertz CT molecular complexity index is 583. The van der Waals surface area contributed by atoms with Crippen molar-refractivity contribution in [2.45, 2.75) is 45.1 Å². The zero-order valence-electron chi connectivity index (χ0n) is 13.2. The second kappa shape index (κ2) is 7.76. The van der Waals surface area contributed by atoms with E-state index < -0.39 is 12.0 Å². The molecule has 0 saturated carbocycles. The fourth-order valence-corrected chi connectivity index (χ4v) is 2.81. The highest BCUT2D eigenvalue weighted by molar-refractivity contribution is 5.97. The van der Waals surface area contributed by atoms with Crippen LogP contribution < -0.4 is 5.32 Å². The zero-order valence-corrected chi connectivity index (χ0v) is 13.2. The summed E-state index contributed by atoms with van der Waals surface area (Å²) in [6.07, 6.45) is 2.89. The van der Waals surface area contributed by atoms with Crippen molar-refractivity contribution in [3.8, 4) is 0 Å². The Morgan fingerprint density at radius 1 is 1.22 bits per heavy atom. The third-order valence-electron chi connectivity index (χ3n) is 4.01. The Balaban J connectivity index is 2.02. The summed E-state index contributed by atoms with van der Waals surface area (Å²) in [6.45, 7) is 2.43. The van der Waals surface area contributed by atoms with E-state index >= 15 is 0 Å². The Kier molecular flexibility index (Phi) is 5.73. The lowest BCUT2D eigenvalue weighted by Crippen LogP contribution is -2.49. The molecule has 1 saturated heterocycles. The van der Waals surface area contributed by atoms with Crippen LogP contribution in [0.5, 0.6) is 0 Å². The minimum absolute atomic E-state index is 0.00153. The van der Waals surface area contributed by atoms with Crippen LogP contribution in [0.1, 0.15) is 38.2 Å². The highest BCUT2D eigenvalue weighted by atomic mass is 16.4. The summed E-state index contributed by atoms with van der Waals surface area (Å²) in [4.78, 5) is 36.8. The van der Waals surface area contributed by atoms with Crippen LogP contribution >= 0.6 is 0 Å². The first-order valence-electron chi connectivity index (χ1n) is 7.92. The number of benzene rings is 1. The lowest BCUT2D eigenvalue weighted by atomic mass is 10.0. The van der Waals surface area contributed by atoms with E-state index in [9.17, 15) is 14.4 Å². The van der Waals surface area contributed by atoms with Crippen molar-refractivity contribution in [3.63, 3.8) is 0 Å². The fourth-order valence-electron chi connectivity index (χ4n) is 2.81. The molecule has 0 radical (unpaired) electrons. The van der Waals surface area contributed by atoms with Crippen molar-refractivity contribution >= 4 is 23.5 Å². The SMILES string of the molecule is CCC(=O)N1CCCCC1C(=O)Nc1ccc(CC(=O)O)cc1. The van der Waals surface area contributed by atoms with Gasteiger partial charge in [-0.25, -0.2) is 0 Å². The first kappa shape index (κ1) is 17.0. The number of carboxylic acids is 1. The minimum Gasteiger partial charge on any atom is -0.481 e. The van der Waals surface area contributed by atoms with Gasteiger partial charge in [-0.3, -0.25) is 14.4 Å². The van der Waals surface area contributed by atoms with E-state index in [1.807, 2.05) is 0 Å².